The molecule has 2 heterocycles. The van der Waals surface area contributed by atoms with Crippen LogP contribution in [0.15, 0.2) is 86.0 Å². The molecule has 0 N–H and O–H groups in total. The van der Waals surface area contributed by atoms with Crippen LogP contribution in [0.3, 0.4) is 0 Å². The average Bonchev–Trinajstić information content (AvgIpc) is 3.58. The number of rotatable bonds is 14. The minimum absolute atomic E-state index is 0.0730. The predicted molar refractivity (Wildman–Crippen MR) is 166 cm³/mol. The van der Waals surface area contributed by atoms with Gasteiger partial charge >= 0.3 is 5.97 Å². The smallest absolute Gasteiger partial charge is 0.375 e. The van der Waals surface area contributed by atoms with Crippen LogP contribution in [0.25, 0.3) is 0 Å². The summed E-state index contributed by atoms with van der Waals surface area (Å²) in [5.74, 6) is -0.904. The third-order valence-corrected chi connectivity index (χ3v) is 8.91. The van der Waals surface area contributed by atoms with E-state index in [9.17, 15) is 19.2 Å². The number of ketones is 2. The molecule has 1 fully saturated rings. The van der Waals surface area contributed by atoms with Crippen molar-refractivity contribution in [3.63, 3.8) is 0 Å². The number of carbonyl (C=O) groups excluding carboxylic acids is 4. The molecule has 2 aromatic carbocycles. The number of unbranched alkanes of at least 4 members (excludes halogenated alkanes) is 1. The number of thiophene rings is 1. The first-order chi connectivity index (χ1) is 20.8. The molecular formula is C32H33N3O6S2. The van der Waals surface area contributed by atoms with Gasteiger partial charge in [0.2, 0.25) is 11.9 Å². The first-order valence-electron chi connectivity index (χ1n) is 13.9. The third-order valence-electron chi connectivity index (χ3n) is 7.05. The fourth-order valence-electron chi connectivity index (χ4n) is 4.54. The molecule has 0 aliphatic carbocycles. The van der Waals surface area contributed by atoms with E-state index in [2.05, 4.69) is 15.0 Å². The van der Waals surface area contributed by atoms with Crippen molar-refractivity contribution in [3.8, 4) is 0 Å². The Morgan fingerprint density at radius 3 is 2.23 bits per heavy atom. The second kappa shape index (κ2) is 15.7. The molecule has 0 spiro atoms. The van der Waals surface area contributed by atoms with E-state index < -0.39 is 11.5 Å². The number of oxime groups is 1. The van der Waals surface area contributed by atoms with Crippen LogP contribution in [0, 0.1) is 0 Å². The number of nitrogens with zero attached hydrogens (tertiary/aromatic N) is 3. The minimum atomic E-state index is -0.630. The van der Waals surface area contributed by atoms with Gasteiger partial charge in [0.25, 0.3) is 0 Å². The Kier molecular flexibility index (Phi) is 11.7. The van der Waals surface area contributed by atoms with Crippen LogP contribution in [0.4, 0.5) is 0 Å². The molecule has 0 atom stereocenters. The summed E-state index contributed by atoms with van der Waals surface area (Å²) in [7, 11) is 0. The molecule has 0 unspecified atom stereocenters. The fourth-order valence-corrected chi connectivity index (χ4v) is 5.95. The second-order valence-corrected chi connectivity index (χ2v) is 12.4. The van der Waals surface area contributed by atoms with Crippen LogP contribution >= 0.6 is 23.1 Å². The molecule has 1 saturated heterocycles. The minimum Gasteiger partial charge on any atom is -0.379 e. The van der Waals surface area contributed by atoms with Gasteiger partial charge in [-0.15, -0.1) is 11.3 Å². The van der Waals surface area contributed by atoms with E-state index in [0.29, 0.717) is 48.6 Å². The molecule has 0 saturated carbocycles. The topological polar surface area (TPSA) is 115 Å². The Morgan fingerprint density at radius 2 is 1.63 bits per heavy atom. The summed E-state index contributed by atoms with van der Waals surface area (Å²) in [4.78, 5) is 62.1. The number of benzene rings is 2. The van der Waals surface area contributed by atoms with E-state index in [-0.39, 0.29) is 23.7 Å². The van der Waals surface area contributed by atoms with Crippen molar-refractivity contribution in [2.75, 3.05) is 32.8 Å². The summed E-state index contributed by atoms with van der Waals surface area (Å²) >= 11 is 2.74. The Labute approximate surface area is 259 Å². The quantitative estimate of drug-likeness (QED) is 0.0532. The number of morpholine rings is 1. The number of ether oxygens (including phenoxy) is 1. The SMILES string of the molecule is CC(C)(C(=O)c1ccc(Sc2ccc(C(=O)/C(CCCCN=C=O)=N/OC(=O)c3cccs3)cc2)cc1)N1CCOCC1. The number of hydrogen-bond acceptors (Lipinski definition) is 11. The number of Topliss-reactive ketones (excluding diaryl/α,β-unsaturated/α-hetero) is 2. The highest BCUT2D eigenvalue weighted by Crippen LogP contribution is 2.29. The normalized spacial score (nSPS) is 14.1. The van der Waals surface area contributed by atoms with Crippen LogP contribution in [0.1, 0.15) is 63.5 Å². The lowest BCUT2D eigenvalue weighted by atomic mass is 9.91. The zero-order valence-electron chi connectivity index (χ0n) is 24.1. The average molecular weight is 620 g/mol. The van der Waals surface area contributed by atoms with Crippen molar-refractivity contribution in [3.05, 3.63) is 82.0 Å². The Morgan fingerprint density at radius 1 is 0.977 bits per heavy atom. The lowest BCUT2D eigenvalue weighted by Crippen LogP contribution is -2.54. The van der Waals surface area contributed by atoms with Gasteiger partial charge in [-0.25, -0.2) is 14.6 Å². The molecule has 4 rings (SSSR count). The highest BCUT2D eigenvalue weighted by molar-refractivity contribution is 7.99. The summed E-state index contributed by atoms with van der Waals surface area (Å²) in [6.45, 7) is 6.94. The van der Waals surface area contributed by atoms with E-state index in [1.165, 1.54) is 29.2 Å². The zero-order valence-corrected chi connectivity index (χ0v) is 25.7. The molecule has 224 valence electrons. The summed E-state index contributed by atoms with van der Waals surface area (Å²) in [5, 5.41) is 5.66. The van der Waals surface area contributed by atoms with Gasteiger partial charge in [-0.3, -0.25) is 14.5 Å². The molecule has 43 heavy (non-hydrogen) atoms. The van der Waals surface area contributed by atoms with E-state index in [1.54, 1.807) is 29.6 Å². The Bertz CT molecular complexity index is 1470. The van der Waals surface area contributed by atoms with E-state index in [0.717, 1.165) is 22.9 Å². The highest BCUT2D eigenvalue weighted by atomic mass is 32.2. The van der Waals surface area contributed by atoms with Gasteiger partial charge < -0.3 is 9.57 Å². The number of carbonyl (C=O) groups is 3. The third kappa shape index (κ3) is 8.89. The van der Waals surface area contributed by atoms with Crippen LogP contribution in [-0.2, 0) is 14.4 Å². The van der Waals surface area contributed by atoms with Gasteiger partial charge in [-0.1, -0.05) is 35.1 Å². The van der Waals surface area contributed by atoms with Crippen LogP contribution in [-0.4, -0.2) is 72.6 Å². The number of aliphatic imine (C=N–C) groups is 1. The van der Waals surface area contributed by atoms with Crippen molar-refractivity contribution < 1.29 is 28.8 Å². The van der Waals surface area contributed by atoms with Crippen LogP contribution < -0.4 is 0 Å². The van der Waals surface area contributed by atoms with Crippen molar-refractivity contribution in [1.29, 1.82) is 0 Å². The molecule has 1 aliphatic rings. The van der Waals surface area contributed by atoms with Crippen molar-refractivity contribution in [2.24, 2.45) is 10.1 Å². The lowest BCUT2D eigenvalue weighted by molar-refractivity contribution is -0.00430. The van der Waals surface area contributed by atoms with E-state index in [4.69, 9.17) is 9.57 Å². The zero-order chi connectivity index (χ0) is 30.7. The van der Waals surface area contributed by atoms with Crippen LogP contribution in [0.2, 0.25) is 0 Å². The number of isocyanates is 1. The van der Waals surface area contributed by atoms with Gasteiger partial charge in [-0.2, -0.15) is 0 Å². The highest BCUT2D eigenvalue weighted by Gasteiger charge is 2.35. The lowest BCUT2D eigenvalue weighted by Gasteiger charge is -2.39. The molecule has 0 bridgehead atoms. The van der Waals surface area contributed by atoms with Gasteiger partial charge in [0.15, 0.2) is 5.78 Å². The maximum atomic E-state index is 13.3. The maximum absolute atomic E-state index is 13.3. The van der Waals surface area contributed by atoms with Crippen LogP contribution in [0.5, 0.6) is 0 Å². The molecule has 9 nitrogen and oxygen atoms in total. The second-order valence-electron chi connectivity index (χ2n) is 10.3. The molecule has 1 aromatic heterocycles. The van der Waals surface area contributed by atoms with Gasteiger partial charge in [0.05, 0.1) is 25.3 Å². The monoisotopic (exact) mass is 619 g/mol. The summed E-state index contributed by atoms with van der Waals surface area (Å²) in [6, 6.07) is 18.0. The molecule has 1 aliphatic heterocycles. The molecule has 0 amide bonds. The largest absolute Gasteiger partial charge is 0.379 e. The molecular weight excluding hydrogens is 587 g/mol. The van der Waals surface area contributed by atoms with Crippen molar-refractivity contribution in [1.82, 2.24) is 4.90 Å². The summed E-state index contributed by atoms with van der Waals surface area (Å²) in [6.07, 6.45) is 2.85. The number of hydrogen-bond donors (Lipinski definition) is 0. The van der Waals surface area contributed by atoms with Crippen molar-refractivity contribution in [2.45, 2.75) is 48.4 Å². The van der Waals surface area contributed by atoms with Crippen molar-refractivity contribution >= 4 is 52.4 Å². The molecule has 11 heteroatoms. The molecule has 3 aromatic rings. The fraction of sp³-hybridized carbons (Fsp3) is 0.344. The van der Waals surface area contributed by atoms with E-state index in [1.807, 2.05) is 50.2 Å². The maximum Gasteiger partial charge on any atom is 0.375 e. The summed E-state index contributed by atoms with van der Waals surface area (Å²) < 4.78 is 5.43. The van der Waals surface area contributed by atoms with Gasteiger partial charge in [0.1, 0.15) is 10.6 Å². The first-order valence-corrected chi connectivity index (χ1v) is 15.6. The van der Waals surface area contributed by atoms with Gasteiger partial charge in [0, 0.05) is 34.0 Å². The predicted octanol–water partition coefficient (Wildman–Crippen LogP) is 6.09. The Hall–Kier alpha value is -3.73. The standard InChI is InChI=1S/C32H33N3O6S2/c1-32(2,35-17-19-40-20-18-35)30(38)24-10-14-26(15-11-24)43-25-12-8-23(9-13-25)29(37)27(6-3-4-16-33-22-36)34-41-31(39)28-7-5-21-42-28/h5,7-15,21H,3-4,6,16-20H2,1-2H3/b34-27+. The first kappa shape index (κ1) is 32.2. The van der Waals surface area contributed by atoms with Gasteiger partial charge in [-0.05, 0) is 81.0 Å². The molecule has 0 radical (unpaired) electrons. The summed E-state index contributed by atoms with van der Waals surface area (Å²) in [5.41, 5.74) is 0.564. The van der Waals surface area contributed by atoms with E-state index >= 15 is 0 Å². The Balaban J connectivity index is 1.40.